The fourth-order valence-electron chi connectivity index (χ4n) is 1.51. The molecule has 0 saturated heterocycles. The molecule has 0 radical (unpaired) electrons. The summed E-state index contributed by atoms with van der Waals surface area (Å²) in [7, 11) is 1.71. The summed E-state index contributed by atoms with van der Waals surface area (Å²) in [6.45, 7) is 3.91. The Bertz CT molecular complexity index is 423. The van der Waals surface area contributed by atoms with E-state index in [0.29, 0.717) is 11.4 Å². The molecular formula is C12H19N3O3. The number of rotatable bonds is 6. The normalized spacial score (nSPS) is 13.8. The molecule has 0 bridgehead atoms. The zero-order valence-corrected chi connectivity index (χ0v) is 10.8. The summed E-state index contributed by atoms with van der Waals surface area (Å²) < 4.78 is 0. The number of hydrogen-bond donors (Lipinski definition) is 3. The van der Waals surface area contributed by atoms with Gasteiger partial charge in [0.15, 0.2) is 0 Å². The molecule has 0 saturated carbocycles. The van der Waals surface area contributed by atoms with Gasteiger partial charge in [0.2, 0.25) is 0 Å². The van der Waals surface area contributed by atoms with Gasteiger partial charge in [0.25, 0.3) is 5.69 Å². The molecule has 0 aromatic heterocycles. The van der Waals surface area contributed by atoms with Crippen molar-refractivity contribution in [3.8, 4) is 0 Å². The van der Waals surface area contributed by atoms with E-state index in [4.69, 9.17) is 5.11 Å². The van der Waals surface area contributed by atoms with Gasteiger partial charge in [-0.1, -0.05) is 6.92 Å². The number of aliphatic hydroxyl groups excluding tert-OH is 1. The minimum absolute atomic E-state index is 0.0294. The first kappa shape index (κ1) is 14.2. The summed E-state index contributed by atoms with van der Waals surface area (Å²) in [6.07, 6.45) is 0. The number of anilines is 2. The number of nitro benzene ring substituents is 1. The van der Waals surface area contributed by atoms with Crippen molar-refractivity contribution in [1.29, 1.82) is 0 Å². The van der Waals surface area contributed by atoms with Crippen LogP contribution in [-0.4, -0.2) is 29.7 Å². The fourth-order valence-corrected chi connectivity index (χ4v) is 1.51. The van der Waals surface area contributed by atoms with E-state index in [-0.39, 0.29) is 24.3 Å². The Labute approximate surface area is 106 Å². The Kier molecular flexibility index (Phi) is 4.91. The maximum absolute atomic E-state index is 10.8. The number of aliphatic hydroxyl groups is 1. The standard InChI is InChI=1S/C12H19N3O3/c1-8(7-16)9(2)14-11-4-10(13-3)5-12(6-11)15(17)18/h4-6,8-9,13-14,16H,7H2,1-3H3. The van der Waals surface area contributed by atoms with Crippen molar-refractivity contribution in [3.63, 3.8) is 0 Å². The van der Waals surface area contributed by atoms with E-state index in [1.54, 1.807) is 13.1 Å². The molecule has 0 aliphatic rings. The molecular weight excluding hydrogens is 234 g/mol. The van der Waals surface area contributed by atoms with Gasteiger partial charge in [-0.25, -0.2) is 0 Å². The topological polar surface area (TPSA) is 87.4 Å². The summed E-state index contributed by atoms with van der Waals surface area (Å²) >= 11 is 0. The zero-order valence-electron chi connectivity index (χ0n) is 10.8. The van der Waals surface area contributed by atoms with Crippen molar-refractivity contribution in [2.24, 2.45) is 5.92 Å². The van der Waals surface area contributed by atoms with E-state index in [2.05, 4.69) is 10.6 Å². The highest BCUT2D eigenvalue weighted by molar-refractivity contribution is 5.63. The molecule has 2 atom stereocenters. The quantitative estimate of drug-likeness (QED) is 0.533. The number of non-ortho nitro benzene ring substituents is 1. The Hall–Kier alpha value is -1.82. The van der Waals surface area contributed by atoms with Crippen LogP contribution in [0.3, 0.4) is 0 Å². The molecule has 1 aromatic carbocycles. The molecule has 3 N–H and O–H groups in total. The third-order valence-electron chi connectivity index (χ3n) is 2.95. The van der Waals surface area contributed by atoms with Crippen molar-refractivity contribution in [2.75, 3.05) is 24.3 Å². The first-order valence-corrected chi connectivity index (χ1v) is 5.82. The molecule has 2 unspecified atom stereocenters. The monoisotopic (exact) mass is 253 g/mol. The van der Waals surface area contributed by atoms with Gasteiger partial charge in [-0.15, -0.1) is 0 Å². The molecule has 6 heteroatoms. The fraction of sp³-hybridized carbons (Fsp3) is 0.500. The molecule has 0 amide bonds. The molecule has 0 heterocycles. The number of nitrogens with zero attached hydrogens (tertiary/aromatic N) is 1. The molecule has 0 aliphatic heterocycles. The van der Waals surface area contributed by atoms with Gasteiger partial charge in [0, 0.05) is 43.2 Å². The second-order valence-corrected chi connectivity index (χ2v) is 4.37. The molecule has 1 rings (SSSR count). The summed E-state index contributed by atoms with van der Waals surface area (Å²) in [5.41, 5.74) is 1.38. The summed E-state index contributed by atoms with van der Waals surface area (Å²) in [5, 5.41) is 25.9. The van der Waals surface area contributed by atoms with Crippen LogP contribution in [-0.2, 0) is 0 Å². The van der Waals surface area contributed by atoms with Gasteiger partial charge >= 0.3 is 0 Å². The average molecular weight is 253 g/mol. The SMILES string of the molecule is CNc1cc(NC(C)C(C)CO)cc([N+](=O)[O-])c1. The van der Waals surface area contributed by atoms with Gasteiger partial charge in [0.05, 0.1) is 4.92 Å². The van der Waals surface area contributed by atoms with Gasteiger partial charge in [-0.05, 0) is 18.9 Å². The van der Waals surface area contributed by atoms with Crippen LogP contribution in [0, 0.1) is 16.0 Å². The maximum atomic E-state index is 10.8. The molecule has 0 aliphatic carbocycles. The number of nitro groups is 1. The lowest BCUT2D eigenvalue weighted by molar-refractivity contribution is -0.384. The van der Waals surface area contributed by atoms with Crippen molar-refractivity contribution < 1.29 is 10.0 Å². The van der Waals surface area contributed by atoms with Gasteiger partial charge < -0.3 is 15.7 Å². The molecule has 100 valence electrons. The Balaban J connectivity index is 2.94. The second kappa shape index (κ2) is 6.20. The Morgan fingerprint density at radius 3 is 2.44 bits per heavy atom. The van der Waals surface area contributed by atoms with Crippen LogP contribution in [0.15, 0.2) is 18.2 Å². The average Bonchev–Trinajstić information content (AvgIpc) is 2.36. The largest absolute Gasteiger partial charge is 0.396 e. The van der Waals surface area contributed by atoms with E-state index < -0.39 is 4.92 Å². The van der Waals surface area contributed by atoms with Crippen LogP contribution >= 0.6 is 0 Å². The molecule has 18 heavy (non-hydrogen) atoms. The first-order chi connectivity index (χ1) is 8.47. The predicted octanol–water partition coefficient (Wildman–Crippen LogP) is 2.07. The molecule has 1 aromatic rings. The highest BCUT2D eigenvalue weighted by atomic mass is 16.6. The van der Waals surface area contributed by atoms with E-state index in [1.165, 1.54) is 12.1 Å². The number of benzene rings is 1. The van der Waals surface area contributed by atoms with Crippen LogP contribution in [0.5, 0.6) is 0 Å². The highest BCUT2D eigenvalue weighted by Crippen LogP contribution is 2.25. The Morgan fingerprint density at radius 2 is 1.94 bits per heavy atom. The number of hydrogen-bond acceptors (Lipinski definition) is 5. The second-order valence-electron chi connectivity index (χ2n) is 4.37. The van der Waals surface area contributed by atoms with Gasteiger partial charge in [0.1, 0.15) is 0 Å². The lowest BCUT2D eigenvalue weighted by Gasteiger charge is -2.20. The highest BCUT2D eigenvalue weighted by Gasteiger charge is 2.14. The van der Waals surface area contributed by atoms with E-state index in [0.717, 1.165) is 0 Å². The molecule has 0 spiro atoms. The van der Waals surface area contributed by atoms with Crippen LogP contribution in [0.4, 0.5) is 17.1 Å². The lowest BCUT2D eigenvalue weighted by Crippen LogP contribution is -2.26. The van der Waals surface area contributed by atoms with Crippen LogP contribution in [0.1, 0.15) is 13.8 Å². The van der Waals surface area contributed by atoms with Crippen molar-refractivity contribution in [2.45, 2.75) is 19.9 Å². The van der Waals surface area contributed by atoms with Crippen LogP contribution < -0.4 is 10.6 Å². The summed E-state index contributed by atoms with van der Waals surface area (Å²) in [5.74, 6) is 0.0716. The summed E-state index contributed by atoms with van der Waals surface area (Å²) in [4.78, 5) is 10.4. The summed E-state index contributed by atoms with van der Waals surface area (Å²) in [6, 6.07) is 4.79. The molecule has 6 nitrogen and oxygen atoms in total. The zero-order chi connectivity index (χ0) is 13.7. The minimum atomic E-state index is -0.424. The lowest BCUT2D eigenvalue weighted by atomic mass is 10.0. The van der Waals surface area contributed by atoms with Crippen LogP contribution in [0.25, 0.3) is 0 Å². The third kappa shape index (κ3) is 3.59. The third-order valence-corrected chi connectivity index (χ3v) is 2.95. The van der Waals surface area contributed by atoms with E-state index in [1.807, 2.05) is 13.8 Å². The van der Waals surface area contributed by atoms with Crippen molar-refractivity contribution in [3.05, 3.63) is 28.3 Å². The predicted molar refractivity (Wildman–Crippen MR) is 72.0 cm³/mol. The van der Waals surface area contributed by atoms with Crippen molar-refractivity contribution >= 4 is 17.1 Å². The maximum Gasteiger partial charge on any atom is 0.273 e. The molecule has 0 fully saturated rings. The van der Waals surface area contributed by atoms with Crippen LogP contribution in [0.2, 0.25) is 0 Å². The Morgan fingerprint density at radius 1 is 1.33 bits per heavy atom. The minimum Gasteiger partial charge on any atom is -0.396 e. The van der Waals surface area contributed by atoms with E-state index >= 15 is 0 Å². The van der Waals surface area contributed by atoms with E-state index in [9.17, 15) is 10.1 Å². The number of nitrogens with one attached hydrogen (secondary N) is 2. The van der Waals surface area contributed by atoms with Gasteiger partial charge in [-0.3, -0.25) is 10.1 Å². The van der Waals surface area contributed by atoms with Gasteiger partial charge in [-0.2, -0.15) is 0 Å². The van der Waals surface area contributed by atoms with Crippen molar-refractivity contribution in [1.82, 2.24) is 0 Å². The smallest absolute Gasteiger partial charge is 0.273 e. The first-order valence-electron chi connectivity index (χ1n) is 5.82.